The van der Waals surface area contributed by atoms with E-state index in [-0.39, 0.29) is 12.3 Å². The minimum atomic E-state index is -0.384. The van der Waals surface area contributed by atoms with Crippen LogP contribution < -0.4 is 5.48 Å². The van der Waals surface area contributed by atoms with Crippen LogP contribution in [-0.2, 0) is 11.2 Å². The molecule has 1 rings (SSSR count). The fourth-order valence-electron chi connectivity index (χ4n) is 1.40. The molecular formula is C10H13NO2. The van der Waals surface area contributed by atoms with Crippen LogP contribution in [0.4, 0.5) is 0 Å². The van der Waals surface area contributed by atoms with Crippen LogP contribution in [0.3, 0.4) is 0 Å². The number of carbonyl (C=O) groups is 1. The van der Waals surface area contributed by atoms with Crippen molar-refractivity contribution in [3.05, 3.63) is 34.9 Å². The monoisotopic (exact) mass is 179 g/mol. The molecule has 3 nitrogen and oxygen atoms in total. The summed E-state index contributed by atoms with van der Waals surface area (Å²) in [6, 6.07) is 5.91. The van der Waals surface area contributed by atoms with Crippen molar-refractivity contribution in [2.45, 2.75) is 20.3 Å². The second kappa shape index (κ2) is 4.05. The van der Waals surface area contributed by atoms with Crippen LogP contribution in [0.25, 0.3) is 0 Å². The Morgan fingerprint density at radius 1 is 1.31 bits per heavy atom. The van der Waals surface area contributed by atoms with Crippen molar-refractivity contribution in [1.29, 1.82) is 0 Å². The molecule has 0 aliphatic carbocycles. The van der Waals surface area contributed by atoms with E-state index in [0.29, 0.717) is 0 Å². The van der Waals surface area contributed by atoms with Crippen molar-refractivity contribution in [3.8, 4) is 0 Å². The van der Waals surface area contributed by atoms with Gasteiger partial charge in [-0.1, -0.05) is 29.3 Å². The van der Waals surface area contributed by atoms with Crippen molar-refractivity contribution < 1.29 is 10.0 Å². The Bertz CT molecular complexity index is 300. The van der Waals surface area contributed by atoms with Gasteiger partial charge < -0.3 is 0 Å². The van der Waals surface area contributed by atoms with Gasteiger partial charge in [-0.05, 0) is 19.4 Å². The van der Waals surface area contributed by atoms with Gasteiger partial charge in [-0.15, -0.1) is 0 Å². The van der Waals surface area contributed by atoms with Gasteiger partial charge in [0.1, 0.15) is 0 Å². The molecule has 3 heteroatoms. The molecule has 1 aromatic carbocycles. The van der Waals surface area contributed by atoms with Gasteiger partial charge in [-0.3, -0.25) is 10.0 Å². The lowest BCUT2D eigenvalue weighted by Gasteiger charge is -2.03. The predicted molar refractivity (Wildman–Crippen MR) is 49.5 cm³/mol. The van der Waals surface area contributed by atoms with Crippen molar-refractivity contribution in [2.24, 2.45) is 0 Å². The van der Waals surface area contributed by atoms with E-state index < -0.39 is 0 Å². The van der Waals surface area contributed by atoms with Gasteiger partial charge in [0, 0.05) is 0 Å². The first-order valence-electron chi connectivity index (χ1n) is 4.12. The molecule has 1 amide bonds. The summed E-state index contributed by atoms with van der Waals surface area (Å²) in [5.41, 5.74) is 4.79. The van der Waals surface area contributed by atoms with E-state index in [4.69, 9.17) is 5.21 Å². The number of hydrogen-bond acceptors (Lipinski definition) is 2. The van der Waals surface area contributed by atoms with Gasteiger partial charge in [-0.25, -0.2) is 5.48 Å². The van der Waals surface area contributed by atoms with E-state index in [9.17, 15) is 4.79 Å². The first kappa shape index (κ1) is 9.74. The Morgan fingerprint density at radius 2 is 1.85 bits per heavy atom. The topological polar surface area (TPSA) is 49.3 Å². The van der Waals surface area contributed by atoms with Crippen LogP contribution in [-0.4, -0.2) is 11.1 Å². The molecule has 0 aliphatic heterocycles. The fourth-order valence-corrected chi connectivity index (χ4v) is 1.40. The summed E-state index contributed by atoms with van der Waals surface area (Å²) < 4.78 is 0. The summed E-state index contributed by atoms with van der Waals surface area (Å²) in [5, 5.41) is 8.34. The number of carbonyl (C=O) groups excluding carboxylic acids is 1. The van der Waals surface area contributed by atoms with Crippen molar-refractivity contribution in [1.82, 2.24) is 5.48 Å². The van der Waals surface area contributed by atoms with E-state index >= 15 is 0 Å². The average molecular weight is 179 g/mol. The fraction of sp³-hybridized carbons (Fsp3) is 0.300. The Balaban J connectivity index is 2.83. The molecule has 0 radical (unpaired) electrons. The van der Waals surface area contributed by atoms with Gasteiger partial charge in [0.15, 0.2) is 0 Å². The molecule has 0 unspecified atom stereocenters. The number of nitrogens with one attached hydrogen (secondary N) is 1. The van der Waals surface area contributed by atoms with Crippen molar-refractivity contribution in [2.75, 3.05) is 0 Å². The Kier molecular flexibility index (Phi) is 3.03. The molecule has 2 N–H and O–H groups in total. The summed E-state index contributed by atoms with van der Waals surface area (Å²) in [6.45, 7) is 3.96. The summed E-state index contributed by atoms with van der Waals surface area (Å²) in [5.74, 6) is -0.384. The zero-order valence-corrected chi connectivity index (χ0v) is 7.79. The molecule has 0 aliphatic rings. The highest BCUT2D eigenvalue weighted by Crippen LogP contribution is 2.09. The highest BCUT2D eigenvalue weighted by Gasteiger charge is 2.02. The average Bonchev–Trinajstić information content (AvgIpc) is 2.02. The maximum atomic E-state index is 10.8. The maximum absolute atomic E-state index is 10.8. The van der Waals surface area contributed by atoms with E-state index in [1.165, 1.54) is 0 Å². The quantitative estimate of drug-likeness (QED) is 0.532. The molecular weight excluding hydrogens is 166 g/mol. The first-order chi connectivity index (χ1) is 6.11. The molecule has 0 heterocycles. The third-order valence-corrected chi connectivity index (χ3v) is 1.77. The van der Waals surface area contributed by atoms with Crippen LogP contribution in [0, 0.1) is 13.8 Å². The lowest BCUT2D eigenvalue weighted by Crippen LogP contribution is -2.20. The summed E-state index contributed by atoms with van der Waals surface area (Å²) in [7, 11) is 0. The van der Waals surface area contributed by atoms with Gasteiger partial charge in [0.2, 0.25) is 5.91 Å². The lowest BCUT2D eigenvalue weighted by atomic mass is 10.1. The van der Waals surface area contributed by atoms with E-state index in [1.54, 1.807) is 5.48 Å². The molecule has 0 saturated carbocycles. The molecule has 13 heavy (non-hydrogen) atoms. The van der Waals surface area contributed by atoms with Crippen molar-refractivity contribution >= 4 is 5.91 Å². The van der Waals surface area contributed by atoms with E-state index in [0.717, 1.165) is 16.7 Å². The molecule has 0 spiro atoms. The Hall–Kier alpha value is -1.35. The molecule has 0 saturated heterocycles. The lowest BCUT2D eigenvalue weighted by molar-refractivity contribution is -0.128. The Labute approximate surface area is 77.4 Å². The predicted octanol–water partition coefficient (Wildman–Crippen LogP) is 1.35. The molecule has 0 fully saturated rings. The molecule has 0 bridgehead atoms. The van der Waals surface area contributed by atoms with Crippen LogP contribution in [0.15, 0.2) is 18.2 Å². The normalized spacial score (nSPS) is 9.77. The number of amides is 1. The second-order valence-corrected chi connectivity index (χ2v) is 3.21. The number of rotatable bonds is 2. The SMILES string of the molecule is Cc1cc(C)cc(CC(=O)NO)c1. The third-order valence-electron chi connectivity index (χ3n) is 1.77. The largest absolute Gasteiger partial charge is 0.289 e. The Morgan fingerprint density at radius 3 is 2.31 bits per heavy atom. The number of hydroxylamine groups is 1. The first-order valence-corrected chi connectivity index (χ1v) is 4.12. The molecule has 0 atom stereocenters. The van der Waals surface area contributed by atoms with Crippen LogP contribution in [0.2, 0.25) is 0 Å². The highest BCUT2D eigenvalue weighted by atomic mass is 16.5. The molecule has 0 aromatic heterocycles. The van der Waals surface area contributed by atoms with Crippen LogP contribution in [0.1, 0.15) is 16.7 Å². The van der Waals surface area contributed by atoms with E-state index in [1.807, 2.05) is 32.0 Å². The van der Waals surface area contributed by atoms with E-state index in [2.05, 4.69) is 0 Å². The molecule has 1 aromatic rings. The van der Waals surface area contributed by atoms with Crippen LogP contribution >= 0.6 is 0 Å². The second-order valence-electron chi connectivity index (χ2n) is 3.21. The minimum Gasteiger partial charge on any atom is -0.289 e. The van der Waals surface area contributed by atoms with Gasteiger partial charge in [0.05, 0.1) is 6.42 Å². The van der Waals surface area contributed by atoms with Gasteiger partial charge in [0.25, 0.3) is 0 Å². The smallest absolute Gasteiger partial charge is 0.247 e. The third kappa shape index (κ3) is 2.87. The van der Waals surface area contributed by atoms with Crippen LogP contribution in [0.5, 0.6) is 0 Å². The summed E-state index contributed by atoms with van der Waals surface area (Å²) >= 11 is 0. The summed E-state index contributed by atoms with van der Waals surface area (Å²) in [4.78, 5) is 10.8. The maximum Gasteiger partial charge on any atom is 0.247 e. The standard InChI is InChI=1S/C10H13NO2/c1-7-3-8(2)5-9(4-7)6-10(12)11-13/h3-5,13H,6H2,1-2H3,(H,11,12). The number of aryl methyl sites for hydroxylation is 2. The van der Waals surface area contributed by atoms with Gasteiger partial charge >= 0.3 is 0 Å². The minimum absolute atomic E-state index is 0.221. The number of hydrogen-bond donors (Lipinski definition) is 2. The zero-order chi connectivity index (χ0) is 9.84. The number of benzene rings is 1. The highest BCUT2D eigenvalue weighted by molar-refractivity contribution is 5.77. The zero-order valence-electron chi connectivity index (χ0n) is 7.79. The molecule has 70 valence electrons. The van der Waals surface area contributed by atoms with Crippen molar-refractivity contribution in [3.63, 3.8) is 0 Å². The van der Waals surface area contributed by atoms with Gasteiger partial charge in [-0.2, -0.15) is 0 Å². The summed E-state index contributed by atoms with van der Waals surface area (Å²) in [6.07, 6.45) is 0.221.